The molecule has 2 heterocycles. The van der Waals surface area contributed by atoms with Crippen molar-refractivity contribution in [3.05, 3.63) is 88.3 Å². The number of aryl methyl sites for hydroxylation is 1. The maximum absolute atomic E-state index is 13.1. The topological polar surface area (TPSA) is 154 Å². The van der Waals surface area contributed by atoms with Gasteiger partial charge in [0, 0.05) is 36.2 Å². The van der Waals surface area contributed by atoms with Crippen LogP contribution in [-0.2, 0) is 6.42 Å². The standard InChI is InChI=1S/C23H24N8O2.ClH/c1-14-11-17(7-8-18(14)23(33)31-9-2-3-10-31)22(32)26-19(13-20-27-29-30-28-20)15-5-4-6-16(12-15)21(24)25;/h2-8,11-12,19H,9-10,13H2,1H3,(H3,24,25)(H,26,32)(H,27,28,29,30);1H. The normalized spacial score (nSPS) is 13.3. The molecule has 0 saturated heterocycles. The minimum atomic E-state index is -0.469. The molecule has 1 aliphatic heterocycles. The number of H-pyrrole nitrogens is 1. The van der Waals surface area contributed by atoms with Gasteiger partial charge in [-0.1, -0.05) is 30.4 Å². The van der Waals surface area contributed by atoms with Gasteiger partial charge in [0.25, 0.3) is 11.8 Å². The molecule has 0 fully saturated rings. The van der Waals surface area contributed by atoms with E-state index in [-0.39, 0.29) is 30.1 Å². The van der Waals surface area contributed by atoms with Gasteiger partial charge in [-0.2, -0.15) is 0 Å². The summed E-state index contributed by atoms with van der Waals surface area (Å²) in [4.78, 5) is 27.6. The summed E-state index contributed by atoms with van der Waals surface area (Å²) in [6.07, 6.45) is 4.23. The maximum Gasteiger partial charge on any atom is 0.254 e. The number of nitrogens with one attached hydrogen (secondary N) is 3. The van der Waals surface area contributed by atoms with Gasteiger partial charge in [-0.3, -0.25) is 15.0 Å². The molecular formula is C23H25ClN8O2. The van der Waals surface area contributed by atoms with Crippen LogP contribution in [0.3, 0.4) is 0 Å². The number of carbonyl (C=O) groups is 2. The Labute approximate surface area is 202 Å². The number of nitrogens with zero attached hydrogens (tertiary/aromatic N) is 4. The first kappa shape index (κ1) is 24.6. The minimum Gasteiger partial charge on any atom is -0.384 e. The van der Waals surface area contributed by atoms with Gasteiger partial charge in [0.05, 0.1) is 6.04 Å². The van der Waals surface area contributed by atoms with Crippen LogP contribution in [0.1, 0.15) is 49.3 Å². The lowest BCUT2D eigenvalue weighted by molar-refractivity contribution is 0.0798. The largest absolute Gasteiger partial charge is 0.384 e. The molecule has 1 aromatic heterocycles. The van der Waals surface area contributed by atoms with Gasteiger partial charge in [0.2, 0.25) is 0 Å². The smallest absolute Gasteiger partial charge is 0.254 e. The Hall–Kier alpha value is -4.05. The second-order valence-electron chi connectivity index (χ2n) is 7.83. The van der Waals surface area contributed by atoms with Crippen LogP contribution in [0, 0.1) is 12.3 Å². The molecule has 2 amide bonds. The molecular weight excluding hydrogens is 456 g/mol. The third-order valence-corrected chi connectivity index (χ3v) is 5.52. The van der Waals surface area contributed by atoms with Crippen LogP contribution in [0.15, 0.2) is 54.6 Å². The average molecular weight is 481 g/mol. The summed E-state index contributed by atoms with van der Waals surface area (Å²) in [7, 11) is 0. The maximum atomic E-state index is 13.1. The predicted octanol–water partition coefficient (Wildman–Crippen LogP) is 1.94. The van der Waals surface area contributed by atoms with Crippen molar-refractivity contribution in [1.29, 1.82) is 5.41 Å². The number of tetrazole rings is 1. The van der Waals surface area contributed by atoms with E-state index in [2.05, 4.69) is 25.9 Å². The Morgan fingerprint density at radius 1 is 1.18 bits per heavy atom. The van der Waals surface area contributed by atoms with E-state index in [1.54, 1.807) is 41.3 Å². The first-order valence-corrected chi connectivity index (χ1v) is 10.4. The summed E-state index contributed by atoms with van der Waals surface area (Å²) in [5, 5.41) is 24.5. The van der Waals surface area contributed by atoms with Crippen molar-refractivity contribution < 1.29 is 9.59 Å². The van der Waals surface area contributed by atoms with E-state index in [1.807, 2.05) is 25.1 Å². The van der Waals surface area contributed by atoms with E-state index in [0.29, 0.717) is 42.0 Å². The number of hydrogen-bond donors (Lipinski definition) is 4. The van der Waals surface area contributed by atoms with E-state index in [0.717, 1.165) is 11.1 Å². The van der Waals surface area contributed by atoms with Crippen molar-refractivity contribution in [1.82, 2.24) is 30.8 Å². The van der Waals surface area contributed by atoms with E-state index in [1.165, 1.54) is 0 Å². The number of rotatable bonds is 7. The zero-order valence-corrected chi connectivity index (χ0v) is 19.3. The number of nitrogens with two attached hydrogens (primary N) is 1. The molecule has 0 spiro atoms. The van der Waals surface area contributed by atoms with Crippen LogP contribution >= 0.6 is 12.4 Å². The molecule has 0 saturated carbocycles. The van der Waals surface area contributed by atoms with Gasteiger partial charge in [-0.25, -0.2) is 5.10 Å². The summed E-state index contributed by atoms with van der Waals surface area (Å²) in [5.74, 6) is 0.0871. The summed E-state index contributed by atoms with van der Waals surface area (Å²) in [5.41, 5.74) is 8.69. The van der Waals surface area contributed by atoms with Crippen LogP contribution < -0.4 is 11.1 Å². The molecule has 10 nitrogen and oxygen atoms in total. The highest BCUT2D eigenvalue weighted by atomic mass is 35.5. The molecule has 4 rings (SSSR count). The Bertz CT molecular complexity index is 1220. The van der Waals surface area contributed by atoms with Crippen molar-refractivity contribution in [2.45, 2.75) is 19.4 Å². The number of amides is 2. The van der Waals surface area contributed by atoms with Crippen LogP contribution in [0.25, 0.3) is 0 Å². The van der Waals surface area contributed by atoms with Gasteiger partial charge in [0.1, 0.15) is 5.84 Å². The SMILES string of the molecule is Cc1cc(C(=O)NC(Cc2nnn[nH]2)c2cccc(C(=N)N)c2)ccc1C(=O)N1CC=CC1.Cl. The molecule has 2 aromatic carbocycles. The summed E-state index contributed by atoms with van der Waals surface area (Å²) < 4.78 is 0. The summed E-state index contributed by atoms with van der Waals surface area (Å²) in [6.45, 7) is 3.01. The van der Waals surface area contributed by atoms with Gasteiger partial charge in [-0.05, 0) is 52.7 Å². The van der Waals surface area contributed by atoms with E-state index < -0.39 is 6.04 Å². The Morgan fingerprint density at radius 3 is 2.59 bits per heavy atom. The fraction of sp³-hybridized carbons (Fsp3) is 0.217. The van der Waals surface area contributed by atoms with Crippen molar-refractivity contribution in [2.75, 3.05) is 13.1 Å². The second-order valence-corrected chi connectivity index (χ2v) is 7.83. The Morgan fingerprint density at radius 2 is 1.94 bits per heavy atom. The molecule has 0 bridgehead atoms. The highest BCUT2D eigenvalue weighted by Gasteiger charge is 2.22. The number of halogens is 1. The number of nitrogen functional groups attached to an aromatic ring is 1. The zero-order valence-electron chi connectivity index (χ0n) is 18.5. The summed E-state index contributed by atoms with van der Waals surface area (Å²) in [6, 6.07) is 11.7. The lowest BCUT2D eigenvalue weighted by Gasteiger charge is -2.20. The zero-order chi connectivity index (χ0) is 23.4. The Balaban J connectivity index is 0.00000324. The molecule has 3 aromatic rings. The van der Waals surface area contributed by atoms with Gasteiger partial charge < -0.3 is 16.0 Å². The van der Waals surface area contributed by atoms with E-state index in [9.17, 15) is 9.59 Å². The lowest BCUT2D eigenvalue weighted by Crippen LogP contribution is -2.31. The van der Waals surface area contributed by atoms with Crippen molar-refractivity contribution in [2.24, 2.45) is 5.73 Å². The second kappa shape index (κ2) is 10.7. The lowest BCUT2D eigenvalue weighted by atomic mass is 9.99. The molecule has 0 radical (unpaired) electrons. The monoisotopic (exact) mass is 480 g/mol. The Kier molecular flexibility index (Phi) is 7.75. The predicted molar refractivity (Wildman–Crippen MR) is 129 cm³/mol. The highest BCUT2D eigenvalue weighted by molar-refractivity contribution is 5.99. The first-order valence-electron chi connectivity index (χ1n) is 10.4. The van der Waals surface area contributed by atoms with Crippen LogP contribution in [0.4, 0.5) is 0 Å². The number of carbonyl (C=O) groups excluding carboxylic acids is 2. The van der Waals surface area contributed by atoms with Crippen LogP contribution in [0.5, 0.6) is 0 Å². The molecule has 1 aliphatic rings. The highest BCUT2D eigenvalue weighted by Crippen LogP contribution is 2.20. The molecule has 1 unspecified atom stereocenters. The van der Waals surface area contributed by atoms with Crippen LogP contribution in [0.2, 0.25) is 0 Å². The fourth-order valence-corrected chi connectivity index (χ4v) is 3.73. The van der Waals surface area contributed by atoms with E-state index in [4.69, 9.17) is 11.1 Å². The van der Waals surface area contributed by atoms with E-state index >= 15 is 0 Å². The average Bonchev–Trinajstić information content (AvgIpc) is 3.52. The van der Waals surface area contributed by atoms with Gasteiger partial charge >= 0.3 is 0 Å². The number of aromatic amines is 1. The third kappa shape index (κ3) is 5.46. The molecule has 0 aliphatic carbocycles. The van der Waals surface area contributed by atoms with Crippen molar-refractivity contribution in [3.8, 4) is 0 Å². The summed E-state index contributed by atoms with van der Waals surface area (Å²) >= 11 is 0. The van der Waals surface area contributed by atoms with Gasteiger partial charge in [-0.15, -0.1) is 17.5 Å². The third-order valence-electron chi connectivity index (χ3n) is 5.52. The number of benzene rings is 2. The first-order chi connectivity index (χ1) is 15.9. The van der Waals surface area contributed by atoms with Crippen LogP contribution in [-0.4, -0.2) is 56.3 Å². The van der Waals surface area contributed by atoms with Crippen molar-refractivity contribution >= 4 is 30.1 Å². The number of hydrogen-bond acceptors (Lipinski definition) is 6. The molecule has 176 valence electrons. The number of aromatic nitrogens is 4. The molecule has 5 N–H and O–H groups in total. The molecule has 1 atom stereocenters. The molecule has 34 heavy (non-hydrogen) atoms. The molecule has 11 heteroatoms. The number of amidine groups is 1. The quantitative estimate of drug-likeness (QED) is 0.230. The minimum absolute atomic E-state index is 0. The fourth-order valence-electron chi connectivity index (χ4n) is 3.73. The van der Waals surface area contributed by atoms with Crippen molar-refractivity contribution in [3.63, 3.8) is 0 Å². The van der Waals surface area contributed by atoms with Gasteiger partial charge in [0.15, 0.2) is 5.82 Å².